The lowest BCUT2D eigenvalue weighted by molar-refractivity contribution is -0.163. The number of hydrogen-bond donors (Lipinski definition) is 2. The van der Waals surface area contributed by atoms with Crippen molar-refractivity contribution in [2.75, 3.05) is 32.7 Å². The number of amides is 3. The molecule has 1 aliphatic heterocycles. The van der Waals surface area contributed by atoms with Gasteiger partial charge in [0.05, 0.1) is 17.7 Å². The Labute approximate surface area is 220 Å². The minimum absolute atomic E-state index is 0.0525. The highest BCUT2D eigenvalue weighted by Gasteiger charge is 2.30. The quantitative estimate of drug-likeness (QED) is 0.253. The molecule has 9 heteroatoms. The van der Waals surface area contributed by atoms with Gasteiger partial charge in [-0.3, -0.25) is 24.5 Å². The van der Waals surface area contributed by atoms with Crippen LogP contribution in [-0.2, 0) is 20.9 Å². The molecule has 1 aromatic rings. The summed E-state index contributed by atoms with van der Waals surface area (Å²) < 4.78 is 0. The highest BCUT2D eigenvalue weighted by molar-refractivity contribution is 5.78. The molecule has 1 atom stereocenters. The molecule has 1 unspecified atom stereocenters. The molecule has 1 heterocycles. The Hall–Kier alpha value is -2.96. The number of piperazine rings is 1. The number of nitriles is 1. The zero-order chi connectivity index (χ0) is 26.8. The maximum Gasteiger partial charge on any atom is 0.233 e. The monoisotopic (exact) mass is 511 g/mol. The van der Waals surface area contributed by atoms with Crippen LogP contribution in [0.15, 0.2) is 24.3 Å². The van der Waals surface area contributed by atoms with E-state index in [4.69, 9.17) is 5.26 Å². The summed E-state index contributed by atoms with van der Waals surface area (Å²) in [5, 5.41) is 22.5. The molecule has 2 N–H and O–H groups in total. The summed E-state index contributed by atoms with van der Waals surface area (Å²) >= 11 is 0. The van der Waals surface area contributed by atoms with Crippen LogP contribution >= 0.6 is 0 Å². The molecule has 0 aromatic heterocycles. The van der Waals surface area contributed by atoms with Gasteiger partial charge in [0.1, 0.15) is 0 Å². The van der Waals surface area contributed by atoms with Crippen LogP contribution in [0.2, 0.25) is 0 Å². The Morgan fingerprint density at radius 1 is 1.19 bits per heavy atom. The third kappa shape index (κ3) is 9.13. The van der Waals surface area contributed by atoms with Crippen molar-refractivity contribution < 1.29 is 19.6 Å². The van der Waals surface area contributed by atoms with Crippen LogP contribution in [0.3, 0.4) is 0 Å². The van der Waals surface area contributed by atoms with Gasteiger partial charge < -0.3 is 10.2 Å². The second-order valence-electron chi connectivity index (χ2n) is 11.3. The zero-order valence-electron chi connectivity index (χ0n) is 22.2. The van der Waals surface area contributed by atoms with E-state index in [0.29, 0.717) is 55.4 Å². The summed E-state index contributed by atoms with van der Waals surface area (Å²) in [6.07, 6.45) is 5.84. The predicted molar refractivity (Wildman–Crippen MR) is 139 cm³/mol. The van der Waals surface area contributed by atoms with Crippen molar-refractivity contribution in [3.05, 3.63) is 35.4 Å². The van der Waals surface area contributed by atoms with Gasteiger partial charge in [0.25, 0.3) is 0 Å². The SMILES string of the molecule is CC(C)(CNC(=O)CC(CC1CCCC1)N(O)C=O)CC(=O)N1CCN(Cc2ccc(C#N)cc2)CC1. The average molecular weight is 512 g/mol. The lowest BCUT2D eigenvalue weighted by atomic mass is 9.88. The van der Waals surface area contributed by atoms with Crippen molar-refractivity contribution >= 4 is 18.2 Å². The zero-order valence-corrected chi connectivity index (χ0v) is 22.2. The summed E-state index contributed by atoms with van der Waals surface area (Å²) in [7, 11) is 0. The largest absolute Gasteiger partial charge is 0.355 e. The maximum absolute atomic E-state index is 13.0. The summed E-state index contributed by atoms with van der Waals surface area (Å²) in [6, 6.07) is 9.21. The Kier molecular flexibility index (Phi) is 10.5. The third-order valence-electron chi connectivity index (χ3n) is 7.59. The van der Waals surface area contributed by atoms with E-state index in [1.165, 1.54) is 0 Å². The van der Waals surface area contributed by atoms with Gasteiger partial charge in [-0.15, -0.1) is 0 Å². The lowest BCUT2D eigenvalue weighted by Crippen LogP contribution is -2.49. The number of nitrogens with zero attached hydrogens (tertiary/aromatic N) is 4. The molecule has 9 nitrogen and oxygen atoms in total. The second kappa shape index (κ2) is 13.5. The summed E-state index contributed by atoms with van der Waals surface area (Å²) in [4.78, 5) is 40.9. The first-order chi connectivity index (χ1) is 17.7. The van der Waals surface area contributed by atoms with Gasteiger partial charge in [0.2, 0.25) is 18.2 Å². The highest BCUT2D eigenvalue weighted by Crippen LogP contribution is 2.30. The van der Waals surface area contributed by atoms with Crippen LogP contribution in [0.1, 0.15) is 69.9 Å². The number of nitrogens with one attached hydrogen (secondary N) is 1. The maximum atomic E-state index is 13.0. The van der Waals surface area contributed by atoms with E-state index >= 15 is 0 Å². The van der Waals surface area contributed by atoms with E-state index in [9.17, 15) is 19.6 Å². The molecule has 2 aliphatic rings. The lowest BCUT2D eigenvalue weighted by Gasteiger charge is -2.36. The molecule has 3 rings (SSSR count). The molecule has 0 bridgehead atoms. The first kappa shape index (κ1) is 28.6. The standard InChI is InChI=1S/C28H41N5O4/c1-28(2,20-30-26(35)16-25(33(37)21-34)15-22-5-3-4-6-22)17-27(36)32-13-11-31(12-14-32)19-24-9-7-23(18-29)8-10-24/h7-10,21-22,25,37H,3-6,11-17,19-20H2,1-2H3,(H,30,35). The molecule has 1 aromatic carbocycles. The number of carbonyl (C=O) groups excluding carboxylic acids is 3. The molecule has 1 aliphatic carbocycles. The summed E-state index contributed by atoms with van der Waals surface area (Å²) in [5.41, 5.74) is 1.38. The number of hydrogen-bond acceptors (Lipinski definition) is 6. The molecule has 3 amide bonds. The van der Waals surface area contributed by atoms with Gasteiger partial charge in [-0.1, -0.05) is 51.7 Å². The fraction of sp³-hybridized carbons (Fsp3) is 0.643. The van der Waals surface area contributed by atoms with Crippen LogP contribution in [0.5, 0.6) is 0 Å². The Bertz CT molecular complexity index is 944. The van der Waals surface area contributed by atoms with Gasteiger partial charge in [0, 0.05) is 52.1 Å². The summed E-state index contributed by atoms with van der Waals surface area (Å²) in [6.45, 7) is 7.98. The van der Waals surface area contributed by atoms with Crippen LogP contribution < -0.4 is 5.32 Å². The van der Waals surface area contributed by atoms with Gasteiger partial charge in [-0.2, -0.15) is 5.26 Å². The van der Waals surface area contributed by atoms with E-state index in [2.05, 4.69) is 16.3 Å². The molecule has 0 radical (unpaired) electrons. The highest BCUT2D eigenvalue weighted by atomic mass is 16.5. The molecule has 1 saturated carbocycles. The second-order valence-corrected chi connectivity index (χ2v) is 11.3. The molecule has 0 spiro atoms. The molecular weight excluding hydrogens is 470 g/mol. The molecule has 2 fully saturated rings. The van der Waals surface area contributed by atoms with Gasteiger partial charge in [0.15, 0.2) is 0 Å². The molecular formula is C28H41N5O4. The van der Waals surface area contributed by atoms with Crippen molar-refractivity contribution in [2.45, 2.75) is 71.4 Å². The van der Waals surface area contributed by atoms with E-state index < -0.39 is 11.5 Å². The summed E-state index contributed by atoms with van der Waals surface area (Å²) in [5.74, 6) is 0.297. The first-order valence-electron chi connectivity index (χ1n) is 13.4. The van der Waals surface area contributed by atoms with Crippen molar-refractivity contribution in [2.24, 2.45) is 11.3 Å². The minimum Gasteiger partial charge on any atom is -0.355 e. The van der Waals surface area contributed by atoms with E-state index in [-0.39, 0.29) is 18.2 Å². The first-order valence-corrected chi connectivity index (χ1v) is 13.4. The Morgan fingerprint density at radius 3 is 2.43 bits per heavy atom. The van der Waals surface area contributed by atoms with Crippen LogP contribution in [0, 0.1) is 22.7 Å². The number of benzene rings is 1. The van der Waals surface area contributed by atoms with Crippen LogP contribution in [-0.4, -0.2) is 77.1 Å². The number of carbonyl (C=O) groups is 3. The average Bonchev–Trinajstić information content (AvgIpc) is 3.40. The van der Waals surface area contributed by atoms with Crippen LogP contribution in [0.4, 0.5) is 0 Å². The fourth-order valence-corrected chi connectivity index (χ4v) is 5.31. The minimum atomic E-state index is -0.522. The third-order valence-corrected chi connectivity index (χ3v) is 7.59. The number of rotatable bonds is 12. The van der Waals surface area contributed by atoms with Crippen molar-refractivity contribution in [3.63, 3.8) is 0 Å². The Morgan fingerprint density at radius 2 is 1.84 bits per heavy atom. The van der Waals surface area contributed by atoms with E-state index in [1.54, 1.807) is 0 Å². The Balaban J connectivity index is 1.40. The van der Waals surface area contributed by atoms with Crippen molar-refractivity contribution in [3.8, 4) is 6.07 Å². The number of hydroxylamine groups is 2. The molecule has 37 heavy (non-hydrogen) atoms. The molecule has 1 saturated heterocycles. The van der Waals surface area contributed by atoms with E-state index in [0.717, 1.165) is 50.9 Å². The van der Waals surface area contributed by atoms with Crippen LogP contribution in [0.25, 0.3) is 0 Å². The van der Waals surface area contributed by atoms with E-state index in [1.807, 2.05) is 43.0 Å². The smallest absolute Gasteiger partial charge is 0.233 e. The fourth-order valence-electron chi connectivity index (χ4n) is 5.31. The van der Waals surface area contributed by atoms with Gasteiger partial charge in [-0.25, -0.2) is 5.06 Å². The normalized spacial score (nSPS) is 17.7. The molecule has 202 valence electrons. The van der Waals surface area contributed by atoms with Gasteiger partial charge >= 0.3 is 0 Å². The predicted octanol–water partition coefficient (Wildman–Crippen LogP) is 2.92. The topological polar surface area (TPSA) is 117 Å². The van der Waals surface area contributed by atoms with Crippen molar-refractivity contribution in [1.29, 1.82) is 5.26 Å². The van der Waals surface area contributed by atoms with Crippen molar-refractivity contribution in [1.82, 2.24) is 20.2 Å². The van der Waals surface area contributed by atoms with Gasteiger partial charge in [-0.05, 0) is 35.4 Å².